The minimum Gasteiger partial charge on any atom is -0.493 e. The summed E-state index contributed by atoms with van der Waals surface area (Å²) in [5, 5.41) is 33.0. The molecule has 0 saturated heterocycles. The minimum atomic E-state index is -1.58. The molecule has 0 aliphatic rings. The van der Waals surface area contributed by atoms with Gasteiger partial charge >= 0.3 is 0 Å². The number of ether oxygens (including phenoxy) is 2. The van der Waals surface area contributed by atoms with Crippen LogP contribution in [0, 0.1) is 20.2 Å². The molecule has 1 N–H and O–H groups in total. The highest BCUT2D eigenvalue weighted by molar-refractivity contribution is 5.58. The second kappa shape index (κ2) is 6.92. The van der Waals surface area contributed by atoms with Crippen LogP contribution in [0.15, 0.2) is 36.4 Å². The van der Waals surface area contributed by atoms with Gasteiger partial charge in [-0.15, -0.1) is 0 Å². The number of nitro benzene ring substituents is 2. The molecule has 0 saturated carbocycles. The summed E-state index contributed by atoms with van der Waals surface area (Å²) < 4.78 is 10.1. The molecule has 0 heterocycles. The third-order valence-electron chi connectivity index (χ3n) is 3.45. The lowest BCUT2D eigenvalue weighted by Crippen LogP contribution is -2.07. The Labute approximate surface area is 136 Å². The number of aliphatic hydroxyl groups excluding tert-OH is 1. The highest BCUT2D eigenvalue weighted by Gasteiger charge is 2.29. The van der Waals surface area contributed by atoms with Gasteiger partial charge in [0.05, 0.1) is 41.3 Å². The number of benzene rings is 2. The molecule has 9 heteroatoms. The molecule has 1 atom stereocenters. The highest BCUT2D eigenvalue weighted by Crippen LogP contribution is 2.40. The van der Waals surface area contributed by atoms with Crippen LogP contribution < -0.4 is 9.47 Å². The van der Waals surface area contributed by atoms with E-state index in [0.717, 1.165) is 6.07 Å². The topological polar surface area (TPSA) is 125 Å². The summed E-state index contributed by atoms with van der Waals surface area (Å²) in [4.78, 5) is 21.1. The number of nitro groups is 2. The largest absolute Gasteiger partial charge is 0.493 e. The number of aliphatic hydroxyl groups is 1. The Balaban J connectivity index is 2.67. The van der Waals surface area contributed by atoms with Crippen LogP contribution in [0.25, 0.3) is 0 Å². The van der Waals surface area contributed by atoms with Crippen molar-refractivity contribution in [2.75, 3.05) is 14.2 Å². The van der Waals surface area contributed by atoms with Crippen LogP contribution in [-0.2, 0) is 0 Å². The van der Waals surface area contributed by atoms with E-state index in [2.05, 4.69) is 0 Å². The Kier molecular flexibility index (Phi) is 4.95. The maximum atomic E-state index is 11.3. The summed E-state index contributed by atoms with van der Waals surface area (Å²) in [5.41, 5.74) is -0.961. The maximum absolute atomic E-state index is 11.3. The first kappa shape index (κ1) is 17.2. The summed E-state index contributed by atoms with van der Waals surface area (Å²) in [5.74, 6) is 0.276. The van der Waals surface area contributed by atoms with E-state index in [1.54, 1.807) is 0 Å². The summed E-state index contributed by atoms with van der Waals surface area (Å²) in [6.07, 6.45) is -1.58. The number of hydrogen-bond acceptors (Lipinski definition) is 7. The van der Waals surface area contributed by atoms with E-state index < -0.39 is 21.6 Å². The zero-order valence-corrected chi connectivity index (χ0v) is 12.8. The van der Waals surface area contributed by atoms with E-state index in [9.17, 15) is 25.3 Å². The monoisotopic (exact) mass is 334 g/mol. The molecule has 9 nitrogen and oxygen atoms in total. The SMILES string of the molecule is COc1cc(C(O)c2ccccc2[N+](=O)[O-])c([N+](=O)[O-])cc1OC. The van der Waals surface area contributed by atoms with Crippen molar-refractivity contribution in [3.8, 4) is 11.5 Å². The second-order valence-electron chi connectivity index (χ2n) is 4.74. The summed E-state index contributed by atoms with van der Waals surface area (Å²) in [6.45, 7) is 0. The molecule has 0 aliphatic carbocycles. The molecule has 2 aromatic carbocycles. The first-order chi connectivity index (χ1) is 11.4. The maximum Gasteiger partial charge on any atom is 0.279 e. The van der Waals surface area contributed by atoms with Crippen molar-refractivity contribution < 1.29 is 24.4 Å². The van der Waals surface area contributed by atoms with Crippen LogP contribution in [0.5, 0.6) is 11.5 Å². The third-order valence-corrected chi connectivity index (χ3v) is 3.45. The zero-order valence-electron chi connectivity index (χ0n) is 12.8. The molecule has 0 amide bonds. The molecule has 0 spiro atoms. The zero-order chi connectivity index (χ0) is 17.9. The van der Waals surface area contributed by atoms with Crippen LogP contribution >= 0.6 is 0 Å². The fourth-order valence-corrected chi connectivity index (χ4v) is 2.31. The van der Waals surface area contributed by atoms with Gasteiger partial charge in [-0.3, -0.25) is 20.2 Å². The van der Waals surface area contributed by atoms with E-state index in [1.807, 2.05) is 0 Å². The van der Waals surface area contributed by atoms with Crippen molar-refractivity contribution in [2.45, 2.75) is 6.10 Å². The fraction of sp³-hybridized carbons (Fsp3) is 0.200. The number of rotatable bonds is 6. The summed E-state index contributed by atoms with van der Waals surface area (Å²) in [6, 6.07) is 7.83. The smallest absolute Gasteiger partial charge is 0.279 e. The van der Waals surface area contributed by atoms with Crippen molar-refractivity contribution in [3.05, 3.63) is 67.8 Å². The van der Waals surface area contributed by atoms with E-state index in [-0.39, 0.29) is 28.3 Å². The highest BCUT2D eigenvalue weighted by atomic mass is 16.6. The molecule has 2 rings (SSSR count). The molecule has 126 valence electrons. The van der Waals surface area contributed by atoms with Gasteiger partial charge in [-0.2, -0.15) is 0 Å². The Hall–Kier alpha value is -3.20. The van der Waals surface area contributed by atoms with Crippen LogP contribution in [0.4, 0.5) is 11.4 Å². The molecule has 24 heavy (non-hydrogen) atoms. The van der Waals surface area contributed by atoms with E-state index in [1.165, 1.54) is 44.6 Å². The van der Waals surface area contributed by atoms with Gasteiger partial charge in [0, 0.05) is 6.07 Å². The molecular weight excluding hydrogens is 320 g/mol. The lowest BCUT2D eigenvalue weighted by Gasteiger charge is -2.15. The number of hydrogen-bond donors (Lipinski definition) is 1. The Morgan fingerprint density at radius 3 is 2.00 bits per heavy atom. The standard InChI is InChI=1S/C15H14N2O7/c1-23-13-7-10(12(17(21)22)8-14(13)24-2)15(18)9-5-3-4-6-11(9)16(19)20/h3-8,15,18H,1-2H3. The Morgan fingerprint density at radius 1 is 0.917 bits per heavy atom. The molecule has 0 aliphatic heterocycles. The predicted molar refractivity (Wildman–Crippen MR) is 83.4 cm³/mol. The summed E-state index contributed by atoms with van der Waals surface area (Å²) >= 11 is 0. The third kappa shape index (κ3) is 3.10. The molecular formula is C15H14N2O7. The lowest BCUT2D eigenvalue weighted by molar-refractivity contribution is -0.387. The van der Waals surface area contributed by atoms with E-state index in [0.29, 0.717) is 0 Å². The molecule has 0 fully saturated rings. The fourth-order valence-electron chi connectivity index (χ4n) is 2.31. The number of methoxy groups -OCH3 is 2. The molecule has 2 aromatic rings. The van der Waals surface area contributed by atoms with Gasteiger partial charge in [0.25, 0.3) is 11.4 Å². The lowest BCUT2D eigenvalue weighted by atomic mass is 9.98. The van der Waals surface area contributed by atoms with Crippen molar-refractivity contribution >= 4 is 11.4 Å². The Bertz CT molecular complexity index is 791. The van der Waals surface area contributed by atoms with Crippen LogP contribution in [-0.4, -0.2) is 29.2 Å². The van der Waals surface area contributed by atoms with Gasteiger partial charge in [0.15, 0.2) is 11.5 Å². The molecule has 0 aromatic heterocycles. The number of para-hydroxylation sites is 1. The van der Waals surface area contributed by atoms with E-state index >= 15 is 0 Å². The second-order valence-corrected chi connectivity index (χ2v) is 4.74. The number of nitrogens with zero attached hydrogens (tertiary/aromatic N) is 2. The predicted octanol–water partition coefficient (Wildman–Crippen LogP) is 2.60. The average molecular weight is 334 g/mol. The quantitative estimate of drug-likeness (QED) is 0.635. The van der Waals surface area contributed by atoms with Gasteiger partial charge in [0.1, 0.15) is 6.10 Å². The van der Waals surface area contributed by atoms with Gasteiger partial charge < -0.3 is 14.6 Å². The van der Waals surface area contributed by atoms with Gasteiger partial charge in [-0.1, -0.05) is 12.1 Å². The van der Waals surface area contributed by atoms with Crippen molar-refractivity contribution in [3.63, 3.8) is 0 Å². The van der Waals surface area contributed by atoms with Gasteiger partial charge in [-0.25, -0.2) is 0 Å². The van der Waals surface area contributed by atoms with Crippen molar-refractivity contribution in [1.82, 2.24) is 0 Å². The van der Waals surface area contributed by atoms with Crippen molar-refractivity contribution in [2.24, 2.45) is 0 Å². The normalized spacial score (nSPS) is 11.6. The first-order valence-electron chi connectivity index (χ1n) is 6.72. The molecule has 0 radical (unpaired) electrons. The van der Waals surface area contributed by atoms with Crippen LogP contribution in [0.2, 0.25) is 0 Å². The van der Waals surface area contributed by atoms with Crippen molar-refractivity contribution in [1.29, 1.82) is 0 Å². The van der Waals surface area contributed by atoms with Crippen LogP contribution in [0.3, 0.4) is 0 Å². The molecule has 0 bridgehead atoms. The van der Waals surface area contributed by atoms with Crippen LogP contribution in [0.1, 0.15) is 17.2 Å². The van der Waals surface area contributed by atoms with Gasteiger partial charge in [-0.05, 0) is 12.1 Å². The summed E-state index contributed by atoms with van der Waals surface area (Å²) in [7, 11) is 2.66. The first-order valence-corrected chi connectivity index (χ1v) is 6.72. The van der Waals surface area contributed by atoms with Gasteiger partial charge in [0.2, 0.25) is 0 Å². The minimum absolute atomic E-state index is 0.0576. The average Bonchev–Trinajstić information content (AvgIpc) is 2.59. The molecule has 1 unspecified atom stereocenters. The Morgan fingerprint density at radius 2 is 1.46 bits per heavy atom. The van der Waals surface area contributed by atoms with E-state index in [4.69, 9.17) is 9.47 Å².